The molecule has 0 radical (unpaired) electrons. The quantitative estimate of drug-likeness (QED) is 0.904. The van der Waals surface area contributed by atoms with Crippen LogP contribution in [0.2, 0.25) is 0 Å². The van der Waals surface area contributed by atoms with Gasteiger partial charge in [-0.1, -0.05) is 6.07 Å². The monoisotopic (exact) mass is 322 g/mol. The molecule has 6 nitrogen and oxygen atoms in total. The van der Waals surface area contributed by atoms with Crippen molar-refractivity contribution in [1.29, 1.82) is 0 Å². The van der Waals surface area contributed by atoms with E-state index < -0.39 is 15.8 Å². The highest BCUT2D eigenvalue weighted by atomic mass is 32.2. The minimum Gasteiger partial charge on any atom is -0.482 e. The molecule has 1 aliphatic rings. The summed E-state index contributed by atoms with van der Waals surface area (Å²) in [7, 11) is -3.90. The summed E-state index contributed by atoms with van der Waals surface area (Å²) in [5.41, 5.74) is 0.386. The van der Waals surface area contributed by atoms with Gasteiger partial charge in [0, 0.05) is 0 Å². The van der Waals surface area contributed by atoms with Gasteiger partial charge in [0.1, 0.15) is 11.6 Å². The van der Waals surface area contributed by atoms with Crippen molar-refractivity contribution in [2.24, 2.45) is 0 Å². The Labute approximate surface area is 126 Å². The number of sulfonamides is 1. The fourth-order valence-electron chi connectivity index (χ4n) is 2.00. The van der Waals surface area contributed by atoms with E-state index in [1.807, 2.05) is 0 Å². The van der Waals surface area contributed by atoms with E-state index in [1.54, 1.807) is 0 Å². The van der Waals surface area contributed by atoms with Gasteiger partial charge in [0.05, 0.1) is 16.3 Å². The third-order valence-electron chi connectivity index (χ3n) is 2.97. The molecule has 1 aliphatic heterocycles. The largest absolute Gasteiger partial charge is 0.482 e. The smallest absolute Gasteiger partial charge is 0.262 e. The Hall–Kier alpha value is -2.61. The Morgan fingerprint density at radius 1 is 1.18 bits per heavy atom. The highest BCUT2D eigenvalue weighted by Crippen LogP contribution is 2.30. The van der Waals surface area contributed by atoms with Crippen LogP contribution in [0.15, 0.2) is 47.4 Å². The van der Waals surface area contributed by atoms with Crippen molar-refractivity contribution in [3.05, 3.63) is 48.3 Å². The molecular formula is C14H11FN2O4S. The lowest BCUT2D eigenvalue weighted by atomic mass is 10.2. The normalized spacial score (nSPS) is 13.8. The highest BCUT2D eigenvalue weighted by Gasteiger charge is 2.21. The molecule has 2 aromatic rings. The summed E-state index contributed by atoms with van der Waals surface area (Å²) in [5, 5.41) is 2.53. The number of amides is 1. The number of hydrogen-bond acceptors (Lipinski definition) is 4. The average molecular weight is 322 g/mol. The summed E-state index contributed by atoms with van der Waals surface area (Å²) >= 11 is 0. The van der Waals surface area contributed by atoms with Crippen LogP contribution in [0.3, 0.4) is 0 Å². The van der Waals surface area contributed by atoms with Crippen molar-refractivity contribution in [3.63, 3.8) is 0 Å². The number of fused-ring (bicyclic) bond motifs is 1. The lowest BCUT2D eigenvalue weighted by Gasteiger charge is -2.18. The zero-order chi connectivity index (χ0) is 15.7. The molecule has 0 spiro atoms. The molecule has 22 heavy (non-hydrogen) atoms. The number of rotatable bonds is 3. The highest BCUT2D eigenvalue weighted by molar-refractivity contribution is 7.92. The first-order valence-corrected chi connectivity index (χ1v) is 7.77. The van der Waals surface area contributed by atoms with Crippen LogP contribution in [0.4, 0.5) is 15.8 Å². The minimum absolute atomic E-state index is 0.0682. The zero-order valence-electron chi connectivity index (χ0n) is 11.2. The molecule has 3 rings (SSSR count). The topological polar surface area (TPSA) is 84.5 Å². The average Bonchev–Trinajstić information content (AvgIpc) is 2.46. The minimum atomic E-state index is -3.90. The number of benzene rings is 2. The van der Waals surface area contributed by atoms with Crippen LogP contribution in [-0.4, -0.2) is 20.9 Å². The molecule has 0 fully saturated rings. The summed E-state index contributed by atoms with van der Waals surface area (Å²) in [6, 6.07) is 9.20. The van der Waals surface area contributed by atoms with Crippen LogP contribution in [0.5, 0.6) is 5.75 Å². The van der Waals surface area contributed by atoms with E-state index in [0.717, 1.165) is 6.07 Å². The summed E-state index contributed by atoms with van der Waals surface area (Å²) in [5.74, 6) is -0.518. The SMILES string of the molecule is O=C1COc2ccc(S(=O)(=O)Nc3cccc(F)c3)cc2N1. The Bertz CT molecular complexity index is 852. The van der Waals surface area contributed by atoms with E-state index in [-0.39, 0.29) is 28.8 Å². The van der Waals surface area contributed by atoms with Crippen LogP contribution in [0.1, 0.15) is 0 Å². The fraction of sp³-hybridized carbons (Fsp3) is 0.0714. The molecule has 1 amide bonds. The second-order valence-corrected chi connectivity index (χ2v) is 6.29. The number of hydrogen-bond donors (Lipinski definition) is 2. The first-order valence-electron chi connectivity index (χ1n) is 6.29. The molecule has 0 atom stereocenters. The maximum atomic E-state index is 13.1. The van der Waals surface area contributed by atoms with Gasteiger partial charge in [-0.25, -0.2) is 12.8 Å². The van der Waals surface area contributed by atoms with E-state index in [1.165, 1.54) is 36.4 Å². The Kier molecular flexibility index (Phi) is 3.45. The second-order valence-electron chi connectivity index (χ2n) is 4.61. The van der Waals surface area contributed by atoms with E-state index in [0.29, 0.717) is 5.75 Å². The molecule has 0 bridgehead atoms. The number of ether oxygens (including phenoxy) is 1. The van der Waals surface area contributed by atoms with Crippen LogP contribution in [0, 0.1) is 5.82 Å². The maximum Gasteiger partial charge on any atom is 0.262 e. The molecule has 8 heteroatoms. The predicted molar refractivity (Wildman–Crippen MR) is 77.8 cm³/mol. The number of nitrogens with one attached hydrogen (secondary N) is 2. The van der Waals surface area contributed by atoms with Gasteiger partial charge in [-0.05, 0) is 36.4 Å². The second kappa shape index (κ2) is 5.30. The van der Waals surface area contributed by atoms with Gasteiger partial charge in [0.15, 0.2) is 6.61 Å². The molecule has 2 aromatic carbocycles. The van der Waals surface area contributed by atoms with Crippen molar-refractivity contribution < 1.29 is 22.3 Å². The summed E-state index contributed by atoms with van der Waals surface area (Å²) in [4.78, 5) is 11.2. The van der Waals surface area contributed by atoms with Crippen molar-refractivity contribution in [2.75, 3.05) is 16.6 Å². The van der Waals surface area contributed by atoms with Gasteiger partial charge in [-0.15, -0.1) is 0 Å². The lowest BCUT2D eigenvalue weighted by Crippen LogP contribution is -2.25. The molecule has 0 saturated carbocycles. The lowest BCUT2D eigenvalue weighted by molar-refractivity contribution is -0.118. The van der Waals surface area contributed by atoms with E-state index in [9.17, 15) is 17.6 Å². The molecule has 0 saturated heterocycles. The molecule has 114 valence electrons. The molecular weight excluding hydrogens is 311 g/mol. The van der Waals surface area contributed by atoms with Crippen molar-refractivity contribution in [1.82, 2.24) is 0 Å². The van der Waals surface area contributed by atoms with Gasteiger partial charge in [0.25, 0.3) is 15.9 Å². The predicted octanol–water partition coefficient (Wildman–Crippen LogP) is 1.96. The molecule has 0 unspecified atom stereocenters. The van der Waals surface area contributed by atoms with Crippen LogP contribution in [0.25, 0.3) is 0 Å². The van der Waals surface area contributed by atoms with Gasteiger partial charge < -0.3 is 10.1 Å². The van der Waals surface area contributed by atoms with Crippen LogP contribution < -0.4 is 14.8 Å². The Balaban J connectivity index is 1.92. The third kappa shape index (κ3) is 2.86. The summed E-state index contributed by atoms with van der Waals surface area (Å²) in [6.07, 6.45) is 0. The van der Waals surface area contributed by atoms with E-state index in [2.05, 4.69) is 10.0 Å². The summed E-state index contributed by atoms with van der Waals surface area (Å²) < 4.78 is 45.1. The number of anilines is 2. The first kappa shape index (κ1) is 14.3. The number of carbonyl (C=O) groups excluding carboxylic acids is 1. The first-order chi connectivity index (χ1) is 10.4. The standard InChI is InChI=1S/C14H11FN2O4S/c15-9-2-1-3-10(6-9)17-22(19,20)11-4-5-13-12(7-11)16-14(18)8-21-13/h1-7,17H,8H2,(H,16,18). The van der Waals surface area contributed by atoms with Gasteiger partial charge in [-0.3, -0.25) is 9.52 Å². The van der Waals surface area contributed by atoms with E-state index in [4.69, 9.17) is 4.74 Å². The summed E-state index contributed by atoms with van der Waals surface area (Å²) in [6.45, 7) is -0.110. The molecule has 2 N–H and O–H groups in total. The van der Waals surface area contributed by atoms with Crippen molar-refractivity contribution in [3.8, 4) is 5.75 Å². The third-order valence-corrected chi connectivity index (χ3v) is 4.35. The van der Waals surface area contributed by atoms with Gasteiger partial charge in [0.2, 0.25) is 0 Å². The Morgan fingerprint density at radius 2 is 2.00 bits per heavy atom. The zero-order valence-corrected chi connectivity index (χ0v) is 12.0. The van der Waals surface area contributed by atoms with Crippen molar-refractivity contribution in [2.45, 2.75) is 4.90 Å². The molecule has 0 aromatic heterocycles. The van der Waals surface area contributed by atoms with E-state index >= 15 is 0 Å². The number of halogens is 1. The Morgan fingerprint density at radius 3 is 2.77 bits per heavy atom. The fourth-order valence-corrected chi connectivity index (χ4v) is 3.07. The van der Waals surface area contributed by atoms with Crippen LogP contribution in [-0.2, 0) is 14.8 Å². The number of carbonyl (C=O) groups is 1. The van der Waals surface area contributed by atoms with Crippen molar-refractivity contribution >= 4 is 27.3 Å². The maximum absolute atomic E-state index is 13.1. The van der Waals surface area contributed by atoms with Gasteiger partial charge in [-0.2, -0.15) is 0 Å². The van der Waals surface area contributed by atoms with Gasteiger partial charge >= 0.3 is 0 Å². The molecule has 1 heterocycles. The molecule has 0 aliphatic carbocycles. The van der Waals surface area contributed by atoms with Crippen LogP contribution >= 0.6 is 0 Å².